The van der Waals surface area contributed by atoms with Gasteiger partial charge in [0.25, 0.3) is 0 Å². The minimum Gasteiger partial charge on any atom is -0.465 e. The first-order chi connectivity index (χ1) is 26.3. The van der Waals surface area contributed by atoms with Crippen molar-refractivity contribution in [2.24, 2.45) is 11.8 Å². The number of carbonyl (C=O) groups excluding carboxylic acids is 3. The Labute approximate surface area is 335 Å². The summed E-state index contributed by atoms with van der Waals surface area (Å²) in [4.78, 5) is 40.6. The van der Waals surface area contributed by atoms with Gasteiger partial charge in [-0.2, -0.15) is 0 Å². The average molecular weight is 766 g/mol. The van der Waals surface area contributed by atoms with E-state index in [0.717, 1.165) is 64.3 Å². The Hall–Kier alpha value is -1.63. The van der Waals surface area contributed by atoms with E-state index >= 15 is 0 Å². The molecule has 320 valence electrons. The van der Waals surface area contributed by atoms with Crippen molar-refractivity contribution in [1.29, 1.82) is 0 Å². The van der Waals surface area contributed by atoms with Crippen LogP contribution >= 0.6 is 0 Å². The highest BCUT2D eigenvalue weighted by Gasteiger charge is 2.21. The number of nitrogens with zero attached hydrogens (tertiary/aromatic N) is 1. The fraction of sp³-hybridized carbons (Fsp3) is 0.936. The van der Waals surface area contributed by atoms with Crippen molar-refractivity contribution in [2.75, 3.05) is 33.9 Å². The minimum atomic E-state index is -0.394. The molecular weight excluding hydrogens is 675 g/mol. The summed E-state index contributed by atoms with van der Waals surface area (Å²) in [6.45, 7) is 10.4. The SMILES string of the molecule is CCCCCCCCC(CCCCCC)CCC(COC(=O)CCCCCOC(=O)C(CCCCCC)CCCCCCCC)OC(=O)CCCN(C)C. The molecule has 3 unspecified atom stereocenters. The van der Waals surface area contributed by atoms with Crippen molar-refractivity contribution in [3.8, 4) is 0 Å². The van der Waals surface area contributed by atoms with Crippen LogP contribution < -0.4 is 0 Å². The van der Waals surface area contributed by atoms with Crippen molar-refractivity contribution in [3.63, 3.8) is 0 Å². The second-order valence-electron chi connectivity index (χ2n) is 16.6. The molecule has 0 bridgehead atoms. The molecule has 0 saturated heterocycles. The lowest BCUT2D eigenvalue weighted by molar-refractivity contribution is -0.159. The number of hydrogen-bond acceptors (Lipinski definition) is 7. The van der Waals surface area contributed by atoms with Crippen LogP contribution in [0.15, 0.2) is 0 Å². The van der Waals surface area contributed by atoms with E-state index in [1.807, 2.05) is 14.1 Å². The van der Waals surface area contributed by atoms with Crippen LogP contribution in [0.4, 0.5) is 0 Å². The normalized spacial score (nSPS) is 13.2. The topological polar surface area (TPSA) is 82.1 Å². The second-order valence-corrected chi connectivity index (χ2v) is 16.6. The van der Waals surface area contributed by atoms with E-state index in [4.69, 9.17) is 14.2 Å². The van der Waals surface area contributed by atoms with Gasteiger partial charge in [-0.05, 0) is 77.9 Å². The van der Waals surface area contributed by atoms with Crippen LogP contribution in [0.5, 0.6) is 0 Å². The number of hydrogen-bond donors (Lipinski definition) is 0. The zero-order chi connectivity index (χ0) is 39.9. The fourth-order valence-electron chi connectivity index (χ4n) is 7.35. The lowest BCUT2D eigenvalue weighted by atomic mass is 9.89. The lowest BCUT2D eigenvalue weighted by Gasteiger charge is -2.22. The molecule has 0 aromatic rings. The van der Waals surface area contributed by atoms with Crippen molar-refractivity contribution in [1.82, 2.24) is 4.90 Å². The largest absolute Gasteiger partial charge is 0.465 e. The van der Waals surface area contributed by atoms with Crippen LogP contribution in [0.3, 0.4) is 0 Å². The van der Waals surface area contributed by atoms with Crippen molar-refractivity contribution < 1.29 is 28.6 Å². The van der Waals surface area contributed by atoms with Gasteiger partial charge in [-0.15, -0.1) is 0 Å². The van der Waals surface area contributed by atoms with E-state index in [2.05, 4.69) is 32.6 Å². The van der Waals surface area contributed by atoms with Crippen LogP contribution in [0.25, 0.3) is 0 Å². The van der Waals surface area contributed by atoms with E-state index in [0.29, 0.717) is 31.8 Å². The molecule has 0 aliphatic rings. The lowest BCUT2D eigenvalue weighted by Crippen LogP contribution is -2.26. The molecule has 3 atom stereocenters. The van der Waals surface area contributed by atoms with Crippen molar-refractivity contribution in [3.05, 3.63) is 0 Å². The molecule has 7 nitrogen and oxygen atoms in total. The van der Waals surface area contributed by atoms with Gasteiger partial charge in [-0.25, -0.2) is 0 Å². The van der Waals surface area contributed by atoms with Crippen LogP contribution in [-0.2, 0) is 28.6 Å². The molecule has 0 radical (unpaired) electrons. The first kappa shape index (κ1) is 52.4. The van der Waals surface area contributed by atoms with Gasteiger partial charge in [0.1, 0.15) is 12.7 Å². The fourth-order valence-corrected chi connectivity index (χ4v) is 7.35. The van der Waals surface area contributed by atoms with E-state index < -0.39 is 6.10 Å². The van der Waals surface area contributed by atoms with Gasteiger partial charge in [0.15, 0.2) is 0 Å². The molecule has 54 heavy (non-hydrogen) atoms. The maximum absolute atomic E-state index is 13.0. The first-order valence-electron chi connectivity index (χ1n) is 23.4. The van der Waals surface area contributed by atoms with Gasteiger partial charge in [-0.1, -0.05) is 169 Å². The third-order valence-corrected chi connectivity index (χ3v) is 11.0. The molecule has 0 heterocycles. The number of ether oxygens (including phenoxy) is 3. The molecule has 0 aliphatic carbocycles. The summed E-state index contributed by atoms with van der Waals surface area (Å²) in [7, 11) is 4.02. The van der Waals surface area contributed by atoms with Crippen LogP contribution in [0.2, 0.25) is 0 Å². The predicted molar refractivity (Wildman–Crippen MR) is 228 cm³/mol. The summed E-state index contributed by atoms with van der Waals surface area (Å²) in [5, 5.41) is 0. The molecule has 0 fully saturated rings. The highest BCUT2D eigenvalue weighted by molar-refractivity contribution is 5.72. The third-order valence-electron chi connectivity index (χ3n) is 11.0. The van der Waals surface area contributed by atoms with E-state index in [1.54, 1.807) is 0 Å². The molecule has 0 spiro atoms. The van der Waals surface area contributed by atoms with Crippen molar-refractivity contribution >= 4 is 17.9 Å². The van der Waals surface area contributed by atoms with Gasteiger partial charge in [-0.3, -0.25) is 14.4 Å². The minimum absolute atomic E-state index is 0.0184. The summed E-state index contributed by atoms with van der Waals surface area (Å²) in [5.74, 6) is 0.175. The Kier molecular flexibility index (Phi) is 38.4. The van der Waals surface area contributed by atoms with Gasteiger partial charge in [0, 0.05) is 12.8 Å². The van der Waals surface area contributed by atoms with E-state index in [-0.39, 0.29) is 30.4 Å². The molecule has 0 aliphatic heterocycles. The van der Waals surface area contributed by atoms with E-state index in [9.17, 15) is 14.4 Å². The van der Waals surface area contributed by atoms with Crippen LogP contribution in [-0.4, -0.2) is 62.8 Å². The summed E-state index contributed by atoms with van der Waals surface area (Å²) >= 11 is 0. The Balaban J connectivity index is 4.84. The second kappa shape index (κ2) is 39.6. The molecule has 7 heteroatoms. The van der Waals surface area contributed by atoms with Crippen LogP contribution in [0, 0.1) is 11.8 Å². The maximum atomic E-state index is 13.0. The van der Waals surface area contributed by atoms with Gasteiger partial charge < -0.3 is 19.1 Å². The van der Waals surface area contributed by atoms with Crippen molar-refractivity contribution in [2.45, 2.75) is 239 Å². The molecule has 0 N–H and O–H groups in total. The van der Waals surface area contributed by atoms with Crippen LogP contribution in [0.1, 0.15) is 233 Å². The summed E-state index contributed by atoms with van der Waals surface area (Å²) in [6.07, 6.45) is 34.4. The molecular formula is C47H91NO6. The molecule has 0 aromatic heterocycles. The zero-order valence-electron chi connectivity index (χ0n) is 36.9. The molecule has 0 aromatic carbocycles. The highest BCUT2D eigenvalue weighted by atomic mass is 16.6. The first-order valence-corrected chi connectivity index (χ1v) is 23.4. The number of unbranched alkanes of at least 4 members (excludes halogenated alkanes) is 18. The summed E-state index contributed by atoms with van der Waals surface area (Å²) < 4.78 is 17.4. The number of esters is 3. The smallest absolute Gasteiger partial charge is 0.308 e. The van der Waals surface area contributed by atoms with Gasteiger partial charge in [0.05, 0.1) is 12.5 Å². The molecule has 0 saturated carbocycles. The average Bonchev–Trinajstić information content (AvgIpc) is 3.15. The molecule has 0 rings (SSSR count). The quantitative estimate of drug-likeness (QED) is 0.0348. The Morgan fingerprint density at radius 3 is 1.46 bits per heavy atom. The maximum Gasteiger partial charge on any atom is 0.308 e. The highest BCUT2D eigenvalue weighted by Crippen LogP contribution is 2.25. The monoisotopic (exact) mass is 766 g/mol. The Morgan fingerprint density at radius 2 is 0.926 bits per heavy atom. The summed E-state index contributed by atoms with van der Waals surface area (Å²) in [5.41, 5.74) is 0. The predicted octanol–water partition coefficient (Wildman–Crippen LogP) is 13.3. The third kappa shape index (κ3) is 34.8. The van der Waals surface area contributed by atoms with Gasteiger partial charge >= 0.3 is 17.9 Å². The Morgan fingerprint density at radius 1 is 0.463 bits per heavy atom. The standard InChI is InChI=1S/C47H91NO6/c1-7-11-15-19-21-25-32-42(31-24-17-13-9-3)37-38-44(54-46(50)36-30-39-48(5)6)41-53-45(49)35-28-23-29-40-52-47(51)43(33-26-18-14-10-4)34-27-22-20-16-12-8-2/h42-44H,7-41H2,1-6H3. The summed E-state index contributed by atoms with van der Waals surface area (Å²) in [6, 6.07) is 0. The van der Waals surface area contributed by atoms with E-state index in [1.165, 1.54) is 128 Å². The number of carbonyl (C=O) groups is 3. The molecule has 0 amide bonds. The zero-order valence-corrected chi connectivity index (χ0v) is 36.9. The number of rotatable bonds is 41. The van der Waals surface area contributed by atoms with Gasteiger partial charge in [0.2, 0.25) is 0 Å². The Bertz CT molecular complexity index is 848.